The average molecular weight is 130 g/mol. The van der Waals surface area contributed by atoms with Crippen molar-refractivity contribution in [2.75, 3.05) is 0 Å². The Kier molecular flexibility index (Phi) is 1.07. The Balaban J connectivity index is 2.88. The summed E-state index contributed by atoms with van der Waals surface area (Å²) in [5, 5.41) is 1.18. The molecule has 0 aliphatic rings. The summed E-state index contributed by atoms with van der Waals surface area (Å²) in [5.41, 5.74) is 1.95. The van der Waals surface area contributed by atoms with Crippen molar-refractivity contribution in [3.05, 3.63) is 30.3 Å². The number of fused-ring (bicyclic) bond motifs is 1. The zero-order valence-electron chi connectivity index (χ0n) is 5.79. The van der Waals surface area contributed by atoms with Gasteiger partial charge < -0.3 is 4.42 Å². The molecule has 2 aromatic rings. The van der Waals surface area contributed by atoms with Gasteiger partial charge in [0.05, 0.1) is 5.66 Å². The van der Waals surface area contributed by atoms with Gasteiger partial charge in [0.1, 0.15) is 5.58 Å². The van der Waals surface area contributed by atoms with Crippen LogP contribution in [0.1, 0.15) is 0 Å². The van der Waals surface area contributed by atoms with E-state index in [9.17, 15) is 0 Å². The normalized spacial score (nSPS) is 10.4. The molecule has 0 radical (unpaired) electrons. The van der Waals surface area contributed by atoms with E-state index >= 15 is 0 Å². The van der Waals surface area contributed by atoms with Crippen molar-refractivity contribution < 1.29 is 4.42 Å². The van der Waals surface area contributed by atoms with Gasteiger partial charge in [0, 0.05) is 5.39 Å². The SMILES string of the molecule is Bc1cc2ccccc2o1. The van der Waals surface area contributed by atoms with Crippen LogP contribution in [0.2, 0.25) is 0 Å². The first-order valence-electron chi connectivity index (χ1n) is 3.31. The second-order valence-corrected chi connectivity index (χ2v) is 2.39. The lowest BCUT2D eigenvalue weighted by molar-refractivity contribution is 0.653. The molecule has 0 saturated heterocycles. The smallest absolute Gasteiger partial charge is 0.186 e. The molecule has 0 aliphatic carbocycles. The minimum atomic E-state index is 0.972. The highest BCUT2D eigenvalue weighted by atomic mass is 16.3. The van der Waals surface area contributed by atoms with Gasteiger partial charge in [0.2, 0.25) is 0 Å². The molecular formula is C8H7BO. The number of para-hydroxylation sites is 1. The van der Waals surface area contributed by atoms with Crippen LogP contribution in [0.25, 0.3) is 11.0 Å². The Morgan fingerprint density at radius 3 is 2.80 bits per heavy atom. The van der Waals surface area contributed by atoms with Crippen LogP contribution >= 0.6 is 0 Å². The summed E-state index contributed by atoms with van der Waals surface area (Å²) in [4.78, 5) is 0. The summed E-state index contributed by atoms with van der Waals surface area (Å²) < 4.78 is 5.37. The zero-order valence-corrected chi connectivity index (χ0v) is 5.79. The van der Waals surface area contributed by atoms with Gasteiger partial charge in [-0.15, -0.1) is 0 Å². The molecule has 0 aliphatic heterocycles. The van der Waals surface area contributed by atoms with E-state index in [1.54, 1.807) is 0 Å². The predicted molar refractivity (Wildman–Crippen MR) is 44.4 cm³/mol. The highest BCUT2D eigenvalue weighted by Crippen LogP contribution is 2.11. The average Bonchev–Trinajstić information content (AvgIpc) is 2.27. The van der Waals surface area contributed by atoms with Gasteiger partial charge in [0.25, 0.3) is 0 Å². The van der Waals surface area contributed by atoms with Crippen molar-refractivity contribution in [3.8, 4) is 0 Å². The van der Waals surface area contributed by atoms with Gasteiger partial charge in [-0.25, -0.2) is 0 Å². The number of benzene rings is 1. The molecule has 1 heterocycles. The van der Waals surface area contributed by atoms with Crippen LogP contribution in [0, 0.1) is 0 Å². The van der Waals surface area contributed by atoms with E-state index in [0.29, 0.717) is 0 Å². The molecule has 0 N–H and O–H groups in total. The molecule has 0 atom stereocenters. The minimum Gasteiger partial charge on any atom is -0.472 e. The maximum Gasteiger partial charge on any atom is 0.186 e. The maximum absolute atomic E-state index is 5.37. The molecule has 0 amide bonds. The van der Waals surface area contributed by atoms with Gasteiger partial charge in [-0.05, 0) is 12.1 Å². The van der Waals surface area contributed by atoms with Crippen molar-refractivity contribution in [1.82, 2.24) is 0 Å². The summed E-state index contributed by atoms with van der Waals surface area (Å²) >= 11 is 0. The Morgan fingerprint density at radius 2 is 2.00 bits per heavy atom. The molecule has 2 heteroatoms. The lowest BCUT2D eigenvalue weighted by Crippen LogP contribution is -1.92. The fourth-order valence-corrected chi connectivity index (χ4v) is 1.11. The summed E-state index contributed by atoms with van der Waals surface area (Å²) in [6, 6.07) is 10.0. The van der Waals surface area contributed by atoms with Gasteiger partial charge in [-0.2, -0.15) is 0 Å². The molecule has 0 saturated carbocycles. The Bertz CT molecular complexity index is 318. The number of hydrogen-bond acceptors (Lipinski definition) is 1. The van der Waals surface area contributed by atoms with Crippen LogP contribution in [0.3, 0.4) is 0 Å². The Hall–Kier alpha value is -1.18. The summed E-state index contributed by atoms with van der Waals surface area (Å²) in [6.07, 6.45) is 0. The van der Waals surface area contributed by atoms with Crippen LogP contribution < -0.4 is 5.66 Å². The Labute approximate surface area is 60.1 Å². The second kappa shape index (κ2) is 1.91. The first kappa shape index (κ1) is 5.60. The third kappa shape index (κ3) is 0.729. The standard InChI is InChI=1S/C8H7BO/c9-8-5-6-3-1-2-4-7(6)10-8/h1-5H,9H2. The highest BCUT2D eigenvalue weighted by molar-refractivity contribution is 6.31. The lowest BCUT2D eigenvalue weighted by Gasteiger charge is -1.82. The molecule has 0 bridgehead atoms. The molecule has 2 rings (SSSR count). The van der Waals surface area contributed by atoms with E-state index in [1.165, 1.54) is 5.39 Å². The Morgan fingerprint density at radius 1 is 1.20 bits per heavy atom. The number of hydrogen-bond donors (Lipinski definition) is 0. The van der Waals surface area contributed by atoms with E-state index < -0.39 is 0 Å². The van der Waals surface area contributed by atoms with Gasteiger partial charge in [0.15, 0.2) is 7.85 Å². The van der Waals surface area contributed by atoms with Crippen molar-refractivity contribution in [2.45, 2.75) is 0 Å². The predicted octanol–water partition coefficient (Wildman–Crippen LogP) is 0.691. The van der Waals surface area contributed by atoms with Crippen molar-refractivity contribution in [1.29, 1.82) is 0 Å². The third-order valence-corrected chi connectivity index (χ3v) is 1.55. The quantitative estimate of drug-likeness (QED) is 0.478. The van der Waals surface area contributed by atoms with Gasteiger partial charge in [-0.3, -0.25) is 0 Å². The highest BCUT2D eigenvalue weighted by Gasteiger charge is 1.95. The second-order valence-electron chi connectivity index (χ2n) is 2.39. The molecule has 48 valence electrons. The molecule has 1 aromatic heterocycles. The monoisotopic (exact) mass is 130 g/mol. The minimum absolute atomic E-state index is 0.972. The van der Waals surface area contributed by atoms with Gasteiger partial charge in [-0.1, -0.05) is 18.2 Å². The fraction of sp³-hybridized carbons (Fsp3) is 0. The van der Waals surface area contributed by atoms with E-state index in [0.717, 1.165) is 11.2 Å². The van der Waals surface area contributed by atoms with E-state index in [2.05, 4.69) is 0 Å². The van der Waals surface area contributed by atoms with Crippen LogP contribution in [0.4, 0.5) is 0 Å². The molecule has 0 fully saturated rings. The summed E-state index contributed by atoms with van der Waals surface area (Å²) in [6.45, 7) is 0. The van der Waals surface area contributed by atoms with Crippen molar-refractivity contribution >= 4 is 24.5 Å². The van der Waals surface area contributed by atoms with E-state index in [1.807, 2.05) is 38.2 Å². The van der Waals surface area contributed by atoms with E-state index in [4.69, 9.17) is 4.42 Å². The molecule has 1 aromatic carbocycles. The van der Waals surface area contributed by atoms with Crippen LogP contribution in [0.5, 0.6) is 0 Å². The zero-order chi connectivity index (χ0) is 6.97. The largest absolute Gasteiger partial charge is 0.472 e. The maximum atomic E-state index is 5.37. The van der Waals surface area contributed by atoms with Crippen LogP contribution in [-0.2, 0) is 0 Å². The summed E-state index contributed by atoms with van der Waals surface area (Å²) in [5.74, 6) is 0. The third-order valence-electron chi connectivity index (χ3n) is 1.55. The molecule has 1 nitrogen and oxygen atoms in total. The van der Waals surface area contributed by atoms with Gasteiger partial charge >= 0.3 is 0 Å². The first-order valence-corrected chi connectivity index (χ1v) is 3.31. The topological polar surface area (TPSA) is 13.1 Å². The summed E-state index contributed by atoms with van der Waals surface area (Å²) in [7, 11) is 1.96. The number of furan rings is 1. The van der Waals surface area contributed by atoms with Crippen molar-refractivity contribution in [2.24, 2.45) is 0 Å². The lowest BCUT2D eigenvalue weighted by atomic mass is 10.1. The van der Waals surface area contributed by atoms with E-state index in [-0.39, 0.29) is 0 Å². The molecule has 0 spiro atoms. The van der Waals surface area contributed by atoms with Crippen LogP contribution in [0.15, 0.2) is 34.7 Å². The van der Waals surface area contributed by atoms with Crippen molar-refractivity contribution in [3.63, 3.8) is 0 Å². The van der Waals surface area contributed by atoms with Crippen LogP contribution in [-0.4, -0.2) is 7.85 Å². The number of rotatable bonds is 0. The molecular weight excluding hydrogens is 123 g/mol. The first-order chi connectivity index (χ1) is 4.86. The molecule has 0 unspecified atom stereocenters. The molecule has 10 heavy (non-hydrogen) atoms. The fourth-order valence-electron chi connectivity index (χ4n) is 1.11.